The largest absolute Gasteiger partial charge is 0.497 e. The zero-order valence-corrected chi connectivity index (χ0v) is 17.3. The van der Waals surface area contributed by atoms with Crippen LogP contribution in [0.2, 0.25) is 5.02 Å². The zero-order chi connectivity index (χ0) is 20.1. The highest BCUT2D eigenvalue weighted by Crippen LogP contribution is 2.38. The number of imidazole rings is 1. The van der Waals surface area contributed by atoms with E-state index in [9.17, 15) is 4.79 Å². The first-order valence-electron chi connectivity index (χ1n) is 8.99. The van der Waals surface area contributed by atoms with Gasteiger partial charge in [0.1, 0.15) is 5.75 Å². The maximum atomic E-state index is 12.7. The molecule has 3 heterocycles. The third-order valence-corrected chi connectivity index (χ3v) is 6.04. The number of thiazole rings is 1. The van der Waals surface area contributed by atoms with E-state index in [0.717, 1.165) is 38.0 Å². The second-order valence-corrected chi connectivity index (χ2v) is 8.42. The van der Waals surface area contributed by atoms with E-state index in [1.165, 1.54) is 0 Å². The number of fused-ring (bicyclic) bond motifs is 2. The highest BCUT2D eigenvalue weighted by Gasteiger charge is 2.26. The topological polar surface area (TPSA) is 55.6 Å². The van der Waals surface area contributed by atoms with Crippen molar-refractivity contribution < 1.29 is 9.53 Å². The molecule has 0 fully saturated rings. The lowest BCUT2D eigenvalue weighted by atomic mass is 10.0. The summed E-state index contributed by atoms with van der Waals surface area (Å²) in [4.78, 5) is 19.6. The van der Waals surface area contributed by atoms with Crippen molar-refractivity contribution in [3.05, 3.63) is 69.8 Å². The molecule has 0 atom stereocenters. The predicted molar refractivity (Wildman–Crippen MR) is 118 cm³/mol. The fourth-order valence-corrected chi connectivity index (χ4v) is 4.46. The van der Waals surface area contributed by atoms with Crippen molar-refractivity contribution in [3.63, 3.8) is 0 Å². The Morgan fingerprint density at radius 3 is 2.76 bits per heavy atom. The molecule has 0 bridgehead atoms. The van der Waals surface area contributed by atoms with Gasteiger partial charge < -0.3 is 10.1 Å². The van der Waals surface area contributed by atoms with E-state index < -0.39 is 0 Å². The Morgan fingerprint density at radius 1 is 1.21 bits per heavy atom. The van der Waals surface area contributed by atoms with Crippen LogP contribution in [0, 0.1) is 6.92 Å². The first kappa shape index (κ1) is 18.0. The normalized spacial score (nSPS) is 14.4. The zero-order valence-electron chi connectivity index (χ0n) is 15.7. The molecule has 7 heteroatoms. The number of carbonyl (C=O) groups excluding carboxylic acids is 1. The number of nitrogens with one attached hydrogen (secondary N) is 1. The van der Waals surface area contributed by atoms with Crippen molar-refractivity contribution in [1.82, 2.24) is 9.38 Å². The minimum atomic E-state index is -0.141. The Balaban J connectivity index is 1.74. The summed E-state index contributed by atoms with van der Waals surface area (Å²) in [5.41, 5.74) is 4.78. The number of hydrogen-bond acceptors (Lipinski definition) is 4. The lowest BCUT2D eigenvalue weighted by Crippen LogP contribution is -2.04. The van der Waals surface area contributed by atoms with Crippen LogP contribution in [0.4, 0.5) is 5.69 Å². The first-order chi connectivity index (χ1) is 14.0. The molecule has 4 aromatic rings. The van der Waals surface area contributed by atoms with Gasteiger partial charge in [-0.1, -0.05) is 23.7 Å². The molecule has 0 saturated carbocycles. The van der Waals surface area contributed by atoms with Crippen LogP contribution in [0.3, 0.4) is 0 Å². The van der Waals surface area contributed by atoms with Gasteiger partial charge in [-0.25, -0.2) is 4.98 Å². The number of rotatable bonds is 3. The Kier molecular flexibility index (Phi) is 4.19. The molecular formula is C22H16ClN3O2S. The van der Waals surface area contributed by atoms with E-state index in [0.29, 0.717) is 16.3 Å². The molecular weight excluding hydrogens is 406 g/mol. The van der Waals surface area contributed by atoms with Gasteiger partial charge in [0, 0.05) is 32.9 Å². The van der Waals surface area contributed by atoms with Crippen LogP contribution in [0.15, 0.2) is 48.7 Å². The Bertz CT molecular complexity index is 1300. The minimum absolute atomic E-state index is 0.141. The third-order valence-electron chi connectivity index (χ3n) is 4.89. The summed E-state index contributed by atoms with van der Waals surface area (Å²) in [6.45, 7) is 2.04. The van der Waals surface area contributed by atoms with Gasteiger partial charge in [-0.3, -0.25) is 9.20 Å². The van der Waals surface area contributed by atoms with Crippen molar-refractivity contribution in [1.29, 1.82) is 0 Å². The standard InChI is InChI=1S/C22H16ClN3O2S/c1-12-11-26-19(20(25-22(26)29-12)13-3-5-14(23)6-4-13)10-17-16-9-15(28-2)7-8-18(16)24-21(17)27/h3-11H,1-2H3,(H,24,27)/b17-10+. The lowest BCUT2D eigenvalue weighted by Gasteiger charge is -2.04. The molecule has 0 aliphatic carbocycles. The van der Waals surface area contributed by atoms with Crippen LogP contribution >= 0.6 is 22.9 Å². The molecule has 5 rings (SSSR count). The number of carbonyl (C=O) groups is 1. The van der Waals surface area contributed by atoms with E-state index >= 15 is 0 Å². The van der Waals surface area contributed by atoms with E-state index in [-0.39, 0.29) is 5.91 Å². The molecule has 5 nitrogen and oxygen atoms in total. The van der Waals surface area contributed by atoms with Gasteiger partial charge in [0.2, 0.25) is 0 Å². The number of ether oxygens (including phenoxy) is 1. The number of hydrogen-bond donors (Lipinski definition) is 1. The van der Waals surface area contributed by atoms with Gasteiger partial charge >= 0.3 is 0 Å². The van der Waals surface area contributed by atoms with Crippen LogP contribution < -0.4 is 10.1 Å². The van der Waals surface area contributed by atoms with Gasteiger partial charge in [0.15, 0.2) is 4.96 Å². The molecule has 1 amide bonds. The molecule has 144 valence electrons. The molecule has 1 aliphatic heterocycles. The average Bonchev–Trinajstić information content (AvgIpc) is 3.33. The number of amides is 1. The van der Waals surface area contributed by atoms with Crippen LogP contribution in [0.5, 0.6) is 5.75 Å². The van der Waals surface area contributed by atoms with Gasteiger partial charge in [-0.15, -0.1) is 11.3 Å². The van der Waals surface area contributed by atoms with E-state index in [4.69, 9.17) is 21.3 Å². The van der Waals surface area contributed by atoms with Crippen LogP contribution in [0.1, 0.15) is 16.1 Å². The summed E-state index contributed by atoms with van der Waals surface area (Å²) in [6, 6.07) is 13.1. The number of nitrogens with zero attached hydrogens (tertiary/aromatic N) is 2. The molecule has 0 radical (unpaired) electrons. The first-order valence-corrected chi connectivity index (χ1v) is 10.2. The highest BCUT2D eigenvalue weighted by atomic mass is 35.5. The average molecular weight is 422 g/mol. The van der Waals surface area contributed by atoms with Gasteiger partial charge in [0.25, 0.3) is 5.91 Å². The van der Waals surface area contributed by atoms with Gasteiger partial charge in [-0.05, 0) is 43.3 Å². The molecule has 2 aromatic carbocycles. The molecule has 2 aromatic heterocycles. The fourth-order valence-electron chi connectivity index (χ4n) is 3.51. The maximum Gasteiger partial charge on any atom is 0.256 e. The lowest BCUT2D eigenvalue weighted by molar-refractivity contribution is -0.110. The summed E-state index contributed by atoms with van der Waals surface area (Å²) >= 11 is 7.67. The summed E-state index contributed by atoms with van der Waals surface area (Å²) in [5.74, 6) is 0.561. The number of anilines is 1. The van der Waals surface area contributed by atoms with Crippen molar-refractivity contribution >= 4 is 51.1 Å². The number of aromatic nitrogens is 2. The van der Waals surface area contributed by atoms with E-state index in [1.54, 1.807) is 18.4 Å². The smallest absolute Gasteiger partial charge is 0.256 e. The summed E-state index contributed by atoms with van der Waals surface area (Å²) < 4.78 is 7.37. The molecule has 29 heavy (non-hydrogen) atoms. The third kappa shape index (κ3) is 3.01. The van der Waals surface area contributed by atoms with E-state index in [1.807, 2.05) is 66.1 Å². The van der Waals surface area contributed by atoms with Crippen LogP contribution in [0.25, 0.3) is 27.9 Å². The minimum Gasteiger partial charge on any atom is -0.497 e. The quantitative estimate of drug-likeness (QED) is 0.443. The molecule has 1 N–H and O–H groups in total. The fraction of sp³-hybridized carbons (Fsp3) is 0.0909. The maximum absolute atomic E-state index is 12.7. The Morgan fingerprint density at radius 2 is 2.00 bits per heavy atom. The summed E-state index contributed by atoms with van der Waals surface area (Å²) in [5, 5.41) is 3.59. The van der Waals surface area contributed by atoms with Crippen LogP contribution in [-0.4, -0.2) is 22.4 Å². The van der Waals surface area contributed by atoms with Crippen LogP contribution in [-0.2, 0) is 4.79 Å². The number of methoxy groups -OCH3 is 1. The Labute approximate surface area is 176 Å². The van der Waals surface area contributed by atoms with Crippen molar-refractivity contribution in [2.45, 2.75) is 6.92 Å². The highest BCUT2D eigenvalue weighted by molar-refractivity contribution is 7.17. The van der Waals surface area contributed by atoms with Crippen molar-refractivity contribution in [2.75, 3.05) is 12.4 Å². The van der Waals surface area contributed by atoms with E-state index in [2.05, 4.69) is 5.32 Å². The summed E-state index contributed by atoms with van der Waals surface area (Å²) in [6.07, 6.45) is 3.94. The SMILES string of the molecule is COc1ccc2c(c1)/C(=C\c1c(-c3ccc(Cl)cc3)nc3sc(C)cn13)C(=O)N2. The van der Waals surface area contributed by atoms with Gasteiger partial charge in [-0.2, -0.15) is 0 Å². The monoisotopic (exact) mass is 421 g/mol. The Hall–Kier alpha value is -3.09. The van der Waals surface area contributed by atoms with Crippen molar-refractivity contribution in [2.24, 2.45) is 0 Å². The van der Waals surface area contributed by atoms with Gasteiger partial charge in [0.05, 0.1) is 24.1 Å². The predicted octanol–water partition coefficient (Wildman–Crippen LogP) is 5.53. The number of aryl methyl sites for hydroxylation is 1. The molecule has 1 aliphatic rings. The number of benzene rings is 2. The number of halogens is 1. The second kappa shape index (κ2) is 6.76. The molecule has 0 saturated heterocycles. The molecule has 0 unspecified atom stereocenters. The molecule has 0 spiro atoms. The summed E-state index contributed by atoms with van der Waals surface area (Å²) in [7, 11) is 1.61. The van der Waals surface area contributed by atoms with Crippen molar-refractivity contribution in [3.8, 4) is 17.0 Å². The second-order valence-electron chi connectivity index (χ2n) is 6.77.